The van der Waals surface area contributed by atoms with Crippen molar-refractivity contribution in [1.29, 1.82) is 0 Å². The van der Waals surface area contributed by atoms with Crippen molar-refractivity contribution in [3.8, 4) is 44.8 Å². The fourth-order valence-corrected chi connectivity index (χ4v) is 6.74. The largest absolute Gasteiger partial charge is 0.435 e. The zero-order valence-corrected chi connectivity index (χ0v) is 27.3. The second-order valence-corrected chi connectivity index (χ2v) is 12.4. The molecule has 0 spiro atoms. The SMILES string of the molecule is c1ccc(-c2ccc(-c3nc4ccc5cc(N(c6ccc(-c7ccccc7)cc6)c6cccc(-c7ccccc7)c6)ccc5c4o3)cc2)cc1. The van der Waals surface area contributed by atoms with Crippen molar-refractivity contribution in [2.75, 3.05) is 4.90 Å². The molecule has 1 aromatic heterocycles. The average Bonchev–Trinajstić information content (AvgIpc) is 3.65. The molecule has 9 aromatic rings. The molecule has 9 rings (SSSR count). The first-order valence-electron chi connectivity index (χ1n) is 16.9. The van der Waals surface area contributed by atoms with Crippen LogP contribution in [-0.4, -0.2) is 4.98 Å². The number of aromatic nitrogens is 1. The normalized spacial score (nSPS) is 11.2. The van der Waals surface area contributed by atoms with E-state index in [1.807, 2.05) is 6.07 Å². The lowest BCUT2D eigenvalue weighted by molar-refractivity contribution is 0.623. The van der Waals surface area contributed by atoms with Crippen molar-refractivity contribution >= 4 is 38.9 Å². The van der Waals surface area contributed by atoms with Crippen molar-refractivity contribution in [3.05, 3.63) is 194 Å². The fraction of sp³-hybridized carbons (Fsp3) is 0. The van der Waals surface area contributed by atoms with E-state index in [9.17, 15) is 0 Å². The smallest absolute Gasteiger partial charge is 0.227 e. The van der Waals surface area contributed by atoms with E-state index >= 15 is 0 Å². The molecular weight excluding hydrogens is 609 g/mol. The third kappa shape index (κ3) is 5.61. The van der Waals surface area contributed by atoms with Gasteiger partial charge in [0, 0.05) is 28.0 Å². The second kappa shape index (κ2) is 12.7. The van der Waals surface area contributed by atoms with Crippen LogP contribution in [0.1, 0.15) is 0 Å². The van der Waals surface area contributed by atoms with Gasteiger partial charge in [-0.05, 0) is 99.4 Å². The third-order valence-electron chi connectivity index (χ3n) is 9.30. The molecule has 3 nitrogen and oxygen atoms in total. The van der Waals surface area contributed by atoms with Crippen LogP contribution in [0.5, 0.6) is 0 Å². The maximum atomic E-state index is 6.48. The van der Waals surface area contributed by atoms with Gasteiger partial charge in [-0.1, -0.05) is 133 Å². The predicted molar refractivity (Wildman–Crippen MR) is 208 cm³/mol. The Morgan fingerprint density at radius 1 is 0.360 bits per heavy atom. The van der Waals surface area contributed by atoms with Crippen LogP contribution in [0.4, 0.5) is 17.1 Å². The molecule has 0 fully saturated rings. The van der Waals surface area contributed by atoms with Gasteiger partial charge in [-0.25, -0.2) is 4.98 Å². The summed E-state index contributed by atoms with van der Waals surface area (Å²) in [5, 5.41) is 2.12. The van der Waals surface area contributed by atoms with E-state index in [-0.39, 0.29) is 0 Å². The van der Waals surface area contributed by atoms with Crippen molar-refractivity contribution in [2.24, 2.45) is 0 Å². The zero-order chi connectivity index (χ0) is 33.3. The van der Waals surface area contributed by atoms with Crippen LogP contribution in [0, 0.1) is 0 Å². The van der Waals surface area contributed by atoms with Gasteiger partial charge in [0.15, 0.2) is 5.58 Å². The molecule has 0 atom stereocenters. The van der Waals surface area contributed by atoms with E-state index in [4.69, 9.17) is 9.40 Å². The Balaban J connectivity index is 1.11. The number of nitrogens with zero attached hydrogens (tertiary/aromatic N) is 2. The Labute approximate surface area is 291 Å². The highest BCUT2D eigenvalue weighted by atomic mass is 16.3. The lowest BCUT2D eigenvalue weighted by atomic mass is 10.0. The number of hydrogen-bond acceptors (Lipinski definition) is 3. The van der Waals surface area contributed by atoms with E-state index in [1.54, 1.807) is 0 Å². The van der Waals surface area contributed by atoms with Crippen molar-refractivity contribution in [2.45, 2.75) is 0 Å². The summed E-state index contributed by atoms with van der Waals surface area (Å²) in [6.45, 7) is 0. The summed E-state index contributed by atoms with van der Waals surface area (Å²) < 4.78 is 6.48. The van der Waals surface area contributed by atoms with E-state index < -0.39 is 0 Å². The minimum Gasteiger partial charge on any atom is -0.435 e. The number of rotatable bonds is 7. The van der Waals surface area contributed by atoms with Crippen LogP contribution in [-0.2, 0) is 0 Å². The summed E-state index contributed by atoms with van der Waals surface area (Å²) in [6, 6.07) is 68.2. The lowest BCUT2D eigenvalue weighted by Crippen LogP contribution is -2.10. The number of anilines is 3. The molecule has 0 radical (unpaired) electrons. The topological polar surface area (TPSA) is 29.3 Å². The van der Waals surface area contributed by atoms with Gasteiger partial charge in [-0.2, -0.15) is 0 Å². The van der Waals surface area contributed by atoms with Gasteiger partial charge in [-0.15, -0.1) is 0 Å². The number of oxazole rings is 1. The van der Waals surface area contributed by atoms with Gasteiger partial charge in [0.2, 0.25) is 5.89 Å². The Hall–Kier alpha value is -6.71. The number of benzene rings is 8. The number of fused-ring (bicyclic) bond motifs is 3. The van der Waals surface area contributed by atoms with Crippen molar-refractivity contribution in [3.63, 3.8) is 0 Å². The first kappa shape index (κ1) is 29.4. The molecule has 1 heterocycles. The van der Waals surface area contributed by atoms with Crippen LogP contribution in [0.15, 0.2) is 199 Å². The van der Waals surface area contributed by atoms with Gasteiger partial charge in [0.25, 0.3) is 0 Å². The fourth-order valence-electron chi connectivity index (χ4n) is 6.74. The van der Waals surface area contributed by atoms with Gasteiger partial charge in [-0.3, -0.25) is 0 Å². The summed E-state index contributed by atoms with van der Waals surface area (Å²) in [6.07, 6.45) is 0. The van der Waals surface area contributed by atoms with Crippen LogP contribution >= 0.6 is 0 Å². The van der Waals surface area contributed by atoms with E-state index in [2.05, 4.69) is 193 Å². The Bertz CT molecular complexity index is 2560. The Morgan fingerprint density at radius 2 is 0.860 bits per heavy atom. The molecule has 0 bridgehead atoms. The Kier molecular flexibility index (Phi) is 7.49. The minimum atomic E-state index is 0.619. The molecule has 0 aliphatic carbocycles. The first-order valence-corrected chi connectivity index (χ1v) is 16.9. The quantitative estimate of drug-likeness (QED) is 0.174. The molecular formula is C47H32N2O. The van der Waals surface area contributed by atoms with Gasteiger partial charge < -0.3 is 9.32 Å². The van der Waals surface area contributed by atoms with Gasteiger partial charge >= 0.3 is 0 Å². The maximum Gasteiger partial charge on any atom is 0.227 e. The molecule has 8 aromatic carbocycles. The second-order valence-electron chi connectivity index (χ2n) is 12.4. The molecule has 0 aliphatic rings. The highest BCUT2D eigenvalue weighted by Gasteiger charge is 2.17. The van der Waals surface area contributed by atoms with E-state index in [1.165, 1.54) is 27.8 Å². The van der Waals surface area contributed by atoms with Gasteiger partial charge in [0.1, 0.15) is 5.52 Å². The first-order chi connectivity index (χ1) is 24.8. The molecule has 50 heavy (non-hydrogen) atoms. The zero-order valence-electron chi connectivity index (χ0n) is 27.3. The molecule has 0 saturated heterocycles. The van der Waals surface area contributed by atoms with Crippen LogP contribution < -0.4 is 4.90 Å². The summed E-state index contributed by atoms with van der Waals surface area (Å²) in [4.78, 5) is 7.21. The van der Waals surface area contributed by atoms with Crippen molar-refractivity contribution in [1.82, 2.24) is 4.98 Å². The summed E-state index contributed by atoms with van der Waals surface area (Å²) in [5.41, 5.74) is 12.9. The highest BCUT2D eigenvalue weighted by molar-refractivity contribution is 6.05. The summed E-state index contributed by atoms with van der Waals surface area (Å²) in [7, 11) is 0. The third-order valence-corrected chi connectivity index (χ3v) is 9.30. The maximum absolute atomic E-state index is 6.48. The van der Waals surface area contributed by atoms with Crippen LogP contribution in [0.3, 0.4) is 0 Å². The number of hydrogen-bond donors (Lipinski definition) is 0. The molecule has 0 aliphatic heterocycles. The summed E-state index contributed by atoms with van der Waals surface area (Å²) >= 11 is 0. The summed E-state index contributed by atoms with van der Waals surface area (Å²) in [5.74, 6) is 0.619. The standard InChI is InChI=1S/C47H32N2O/c1-4-11-33(12-5-1)36-19-21-38(22-20-36)47-48-45-30-25-40-32-43(28-29-44(40)46(45)50-47)49(41-26-23-37(24-27-41)34-13-6-2-7-14-34)42-18-10-17-39(31-42)35-15-8-3-9-16-35/h1-32H. The van der Waals surface area contributed by atoms with Crippen LogP contribution in [0.2, 0.25) is 0 Å². The molecule has 3 heteroatoms. The minimum absolute atomic E-state index is 0.619. The van der Waals surface area contributed by atoms with E-state index in [0.29, 0.717) is 5.89 Å². The predicted octanol–water partition coefficient (Wildman–Crippen LogP) is 13.1. The molecule has 0 unspecified atom stereocenters. The van der Waals surface area contributed by atoms with Crippen LogP contribution in [0.25, 0.3) is 66.7 Å². The van der Waals surface area contributed by atoms with E-state index in [0.717, 1.165) is 50.1 Å². The molecule has 0 N–H and O–H groups in total. The average molecular weight is 641 g/mol. The van der Waals surface area contributed by atoms with Gasteiger partial charge in [0.05, 0.1) is 0 Å². The lowest BCUT2D eigenvalue weighted by Gasteiger charge is -2.26. The molecule has 0 saturated carbocycles. The monoisotopic (exact) mass is 640 g/mol. The highest BCUT2D eigenvalue weighted by Crippen LogP contribution is 2.40. The molecule has 0 amide bonds. The molecule has 236 valence electrons. The Morgan fingerprint density at radius 3 is 1.50 bits per heavy atom. The van der Waals surface area contributed by atoms with Crippen molar-refractivity contribution < 1.29 is 4.42 Å².